The van der Waals surface area contributed by atoms with Crippen LogP contribution in [0.5, 0.6) is 0 Å². The van der Waals surface area contributed by atoms with Crippen LogP contribution in [0, 0.1) is 40.9 Å². The highest BCUT2D eigenvalue weighted by Gasteiger charge is 2.36. The molecular formula is C20H11N5O2. The number of anilines is 2. The van der Waals surface area contributed by atoms with Gasteiger partial charge in [0.15, 0.2) is 5.57 Å². The smallest absolute Gasteiger partial charge is 0.266 e. The Labute approximate surface area is 155 Å². The van der Waals surface area contributed by atoms with Gasteiger partial charge < -0.3 is 5.32 Å². The maximum absolute atomic E-state index is 12.7. The predicted molar refractivity (Wildman–Crippen MR) is 96.2 cm³/mol. The number of amides is 2. The van der Waals surface area contributed by atoms with Crippen molar-refractivity contribution in [2.45, 2.75) is 6.92 Å². The van der Waals surface area contributed by atoms with Crippen molar-refractivity contribution in [2.24, 2.45) is 0 Å². The number of carbonyl (C=O) groups is 2. The van der Waals surface area contributed by atoms with Gasteiger partial charge in [0, 0.05) is 5.69 Å². The van der Waals surface area contributed by atoms with Crippen molar-refractivity contribution in [1.29, 1.82) is 15.8 Å². The molecule has 2 aromatic carbocycles. The molecule has 0 radical (unpaired) electrons. The zero-order valence-corrected chi connectivity index (χ0v) is 14.1. The first-order valence-corrected chi connectivity index (χ1v) is 7.81. The molecule has 7 heteroatoms. The van der Waals surface area contributed by atoms with Gasteiger partial charge in [-0.15, -0.1) is 0 Å². The number of hydrogen-bond donors (Lipinski definition) is 1. The second-order valence-electron chi connectivity index (χ2n) is 5.75. The van der Waals surface area contributed by atoms with Crippen LogP contribution in [0.1, 0.15) is 26.3 Å². The molecule has 1 heterocycles. The summed E-state index contributed by atoms with van der Waals surface area (Å²) in [6.07, 6.45) is 0. The van der Waals surface area contributed by atoms with Gasteiger partial charge in [-0.1, -0.05) is 17.7 Å². The molecule has 3 rings (SSSR count). The Bertz CT molecular complexity index is 1110. The Kier molecular flexibility index (Phi) is 4.41. The van der Waals surface area contributed by atoms with E-state index in [4.69, 9.17) is 15.8 Å². The molecule has 0 aliphatic carbocycles. The lowest BCUT2D eigenvalue weighted by Gasteiger charge is -2.13. The first kappa shape index (κ1) is 17.4. The van der Waals surface area contributed by atoms with E-state index in [0.29, 0.717) is 11.4 Å². The highest BCUT2D eigenvalue weighted by molar-refractivity contribution is 6.34. The highest BCUT2D eigenvalue weighted by atomic mass is 16.2. The summed E-state index contributed by atoms with van der Waals surface area (Å²) in [5.41, 5.74) is 1.61. The van der Waals surface area contributed by atoms with E-state index in [9.17, 15) is 9.59 Å². The SMILES string of the molecule is Cc1ccc(N2C(=O)c3ccc(NC(C#N)=C(C#N)C#N)cc3C2=O)cc1. The van der Waals surface area contributed by atoms with Crippen molar-refractivity contribution in [3.63, 3.8) is 0 Å². The summed E-state index contributed by atoms with van der Waals surface area (Å²) >= 11 is 0. The second kappa shape index (κ2) is 6.84. The second-order valence-corrected chi connectivity index (χ2v) is 5.75. The number of benzene rings is 2. The number of imide groups is 1. The number of nitrogens with one attached hydrogen (secondary N) is 1. The third kappa shape index (κ3) is 3.00. The van der Waals surface area contributed by atoms with Crippen LogP contribution in [0.3, 0.4) is 0 Å². The van der Waals surface area contributed by atoms with Crippen LogP contribution >= 0.6 is 0 Å². The van der Waals surface area contributed by atoms with E-state index in [2.05, 4.69) is 5.32 Å². The molecular weight excluding hydrogens is 342 g/mol. The standard InChI is InChI=1S/C20H11N5O2/c1-12-2-5-15(6-3-12)25-19(26)16-7-4-14(8-17(16)20(25)27)24-18(11-23)13(9-21)10-22/h2-8,24H,1H3. The first-order valence-electron chi connectivity index (χ1n) is 7.81. The van der Waals surface area contributed by atoms with E-state index >= 15 is 0 Å². The van der Waals surface area contributed by atoms with E-state index in [1.807, 2.05) is 6.92 Å². The van der Waals surface area contributed by atoms with E-state index in [0.717, 1.165) is 10.5 Å². The van der Waals surface area contributed by atoms with Crippen LogP contribution < -0.4 is 10.2 Å². The number of allylic oxidation sites excluding steroid dienone is 2. The lowest BCUT2D eigenvalue weighted by molar-refractivity contribution is 0.0926. The van der Waals surface area contributed by atoms with Crippen LogP contribution in [0.25, 0.3) is 0 Å². The fourth-order valence-electron chi connectivity index (χ4n) is 2.67. The molecule has 0 saturated heterocycles. The van der Waals surface area contributed by atoms with Crippen LogP contribution in [0.4, 0.5) is 11.4 Å². The molecule has 0 bridgehead atoms. The molecule has 0 unspecified atom stereocenters. The van der Waals surface area contributed by atoms with E-state index in [1.54, 1.807) is 42.5 Å². The van der Waals surface area contributed by atoms with Crippen molar-refractivity contribution in [2.75, 3.05) is 10.2 Å². The molecule has 0 saturated carbocycles. The van der Waals surface area contributed by atoms with Crippen molar-refractivity contribution in [3.05, 3.63) is 70.4 Å². The summed E-state index contributed by atoms with van der Waals surface area (Å²) in [5.74, 6) is -0.915. The van der Waals surface area contributed by atoms with Gasteiger partial charge in [0.2, 0.25) is 0 Å². The fourth-order valence-corrected chi connectivity index (χ4v) is 2.67. The third-order valence-corrected chi connectivity index (χ3v) is 4.03. The Hall–Kier alpha value is -4.41. The summed E-state index contributed by atoms with van der Waals surface area (Å²) in [7, 11) is 0. The number of carbonyl (C=O) groups excluding carboxylic acids is 2. The molecule has 7 nitrogen and oxygen atoms in total. The molecule has 1 N–H and O–H groups in total. The number of hydrogen-bond acceptors (Lipinski definition) is 6. The topological polar surface area (TPSA) is 121 Å². The van der Waals surface area contributed by atoms with Crippen molar-refractivity contribution < 1.29 is 9.59 Å². The third-order valence-electron chi connectivity index (χ3n) is 4.03. The molecule has 128 valence electrons. The highest BCUT2D eigenvalue weighted by Crippen LogP contribution is 2.30. The van der Waals surface area contributed by atoms with Crippen molar-refractivity contribution in [1.82, 2.24) is 0 Å². The van der Waals surface area contributed by atoms with Gasteiger partial charge in [-0.2, -0.15) is 15.8 Å². The van der Waals surface area contributed by atoms with Gasteiger partial charge in [-0.25, -0.2) is 4.90 Å². The predicted octanol–water partition coefficient (Wildman–Crippen LogP) is 3.03. The van der Waals surface area contributed by atoms with Crippen LogP contribution in [0.15, 0.2) is 53.7 Å². The van der Waals surface area contributed by atoms with E-state index in [1.165, 1.54) is 18.2 Å². The zero-order valence-electron chi connectivity index (χ0n) is 14.1. The average molecular weight is 353 g/mol. The Balaban J connectivity index is 1.98. The summed E-state index contributed by atoms with van der Waals surface area (Å²) in [6, 6.07) is 16.4. The molecule has 1 aliphatic heterocycles. The van der Waals surface area contributed by atoms with Crippen molar-refractivity contribution >= 4 is 23.2 Å². The molecule has 2 amide bonds. The van der Waals surface area contributed by atoms with Gasteiger partial charge in [-0.3, -0.25) is 9.59 Å². The molecule has 0 aromatic heterocycles. The molecule has 2 aromatic rings. The first-order chi connectivity index (χ1) is 13.0. The maximum atomic E-state index is 12.7. The summed E-state index contributed by atoms with van der Waals surface area (Å²) in [4.78, 5) is 26.5. The lowest BCUT2D eigenvalue weighted by atomic mass is 10.1. The number of rotatable bonds is 3. The number of fused-ring (bicyclic) bond motifs is 1. The molecule has 0 spiro atoms. The van der Waals surface area contributed by atoms with Gasteiger partial charge in [-0.05, 0) is 37.3 Å². The number of nitrogens with zero attached hydrogens (tertiary/aromatic N) is 4. The molecule has 1 aliphatic rings. The van der Waals surface area contributed by atoms with E-state index in [-0.39, 0.29) is 22.4 Å². The zero-order chi connectivity index (χ0) is 19.6. The van der Waals surface area contributed by atoms with Crippen LogP contribution in [-0.4, -0.2) is 11.8 Å². The normalized spacial score (nSPS) is 11.9. The lowest BCUT2D eigenvalue weighted by Crippen LogP contribution is -2.29. The molecule has 0 fully saturated rings. The van der Waals surface area contributed by atoms with Crippen LogP contribution in [0.2, 0.25) is 0 Å². The van der Waals surface area contributed by atoms with E-state index < -0.39 is 11.8 Å². The molecule has 0 atom stereocenters. The fraction of sp³-hybridized carbons (Fsp3) is 0.0500. The Morgan fingerprint density at radius 3 is 2.11 bits per heavy atom. The summed E-state index contributed by atoms with van der Waals surface area (Å²) < 4.78 is 0. The minimum absolute atomic E-state index is 0.179. The number of aryl methyl sites for hydroxylation is 1. The summed E-state index contributed by atoms with van der Waals surface area (Å²) in [6.45, 7) is 1.90. The Morgan fingerprint density at radius 2 is 1.52 bits per heavy atom. The van der Waals surface area contributed by atoms with Gasteiger partial charge >= 0.3 is 0 Å². The van der Waals surface area contributed by atoms with Gasteiger partial charge in [0.25, 0.3) is 11.8 Å². The quantitative estimate of drug-likeness (QED) is 0.669. The van der Waals surface area contributed by atoms with Gasteiger partial charge in [0.1, 0.15) is 23.9 Å². The number of nitriles is 3. The Morgan fingerprint density at radius 1 is 0.889 bits per heavy atom. The largest absolute Gasteiger partial charge is 0.345 e. The minimum atomic E-state index is -0.481. The monoisotopic (exact) mass is 353 g/mol. The average Bonchev–Trinajstić information content (AvgIpc) is 2.93. The summed E-state index contributed by atoms with van der Waals surface area (Å²) in [5, 5.41) is 29.5. The maximum Gasteiger partial charge on any atom is 0.266 e. The van der Waals surface area contributed by atoms with Crippen LogP contribution in [-0.2, 0) is 0 Å². The molecule has 27 heavy (non-hydrogen) atoms. The minimum Gasteiger partial charge on any atom is -0.345 e. The van der Waals surface area contributed by atoms with Gasteiger partial charge in [0.05, 0.1) is 16.8 Å². The van der Waals surface area contributed by atoms with Crippen molar-refractivity contribution in [3.8, 4) is 18.2 Å².